The van der Waals surface area contributed by atoms with E-state index in [9.17, 15) is 35.6 Å². The van der Waals surface area contributed by atoms with Crippen LogP contribution in [0.1, 0.15) is 44.2 Å². The standard InChI is InChI=1S/C25H31F4N3O4S/c1-4-14-30-24(34)18(2)31(17-19-10-12-21(26)13-11-19)23(33)9-6-15-32(37(3,35)36)22-8-5-7-20(16-22)25(27,28)29/h5,7-8,10-13,16,18H,4,6,9,14-15,17H2,1-3H3,(H,30,34). The lowest BCUT2D eigenvalue weighted by Gasteiger charge is -2.29. The Bertz CT molecular complexity index is 1170. The fourth-order valence-corrected chi connectivity index (χ4v) is 4.56. The van der Waals surface area contributed by atoms with Gasteiger partial charge < -0.3 is 10.2 Å². The number of amides is 2. The van der Waals surface area contributed by atoms with Crippen LogP contribution < -0.4 is 9.62 Å². The molecular formula is C25H31F4N3O4S. The smallest absolute Gasteiger partial charge is 0.354 e. The van der Waals surface area contributed by atoms with Crippen molar-refractivity contribution in [1.29, 1.82) is 0 Å². The third-order valence-corrected chi connectivity index (χ3v) is 6.79. The Labute approximate surface area is 214 Å². The summed E-state index contributed by atoms with van der Waals surface area (Å²) in [6, 6.07) is 8.53. The Morgan fingerprint density at radius 2 is 1.73 bits per heavy atom. The van der Waals surface area contributed by atoms with Crippen LogP contribution in [0.2, 0.25) is 0 Å². The number of anilines is 1. The fraction of sp³-hybridized carbons (Fsp3) is 0.440. The molecule has 0 spiro atoms. The van der Waals surface area contributed by atoms with Gasteiger partial charge in [0.25, 0.3) is 0 Å². The molecule has 0 fully saturated rings. The summed E-state index contributed by atoms with van der Waals surface area (Å²) >= 11 is 0. The number of nitrogens with zero attached hydrogens (tertiary/aromatic N) is 2. The summed E-state index contributed by atoms with van der Waals surface area (Å²) in [5.74, 6) is -1.29. The third kappa shape index (κ3) is 9.03. The van der Waals surface area contributed by atoms with Crippen molar-refractivity contribution in [3.05, 3.63) is 65.5 Å². The van der Waals surface area contributed by atoms with Crippen molar-refractivity contribution in [3.8, 4) is 0 Å². The molecule has 0 radical (unpaired) electrons. The second-order valence-electron chi connectivity index (χ2n) is 8.60. The molecule has 0 heterocycles. The molecule has 0 saturated carbocycles. The molecule has 0 saturated heterocycles. The fourth-order valence-electron chi connectivity index (χ4n) is 3.61. The van der Waals surface area contributed by atoms with Crippen LogP contribution in [-0.4, -0.2) is 50.5 Å². The van der Waals surface area contributed by atoms with Crippen LogP contribution in [0.15, 0.2) is 48.5 Å². The average molecular weight is 546 g/mol. The van der Waals surface area contributed by atoms with Gasteiger partial charge in [0.05, 0.1) is 17.5 Å². The van der Waals surface area contributed by atoms with Gasteiger partial charge in [0.15, 0.2) is 0 Å². The van der Waals surface area contributed by atoms with Crippen LogP contribution in [0, 0.1) is 5.82 Å². The highest BCUT2D eigenvalue weighted by molar-refractivity contribution is 7.92. The highest BCUT2D eigenvalue weighted by Gasteiger charge is 2.32. The SMILES string of the molecule is CCCNC(=O)C(C)N(Cc1ccc(F)cc1)C(=O)CCCN(c1cccc(C(F)(F)F)c1)S(C)(=O)=O. The number of hydrogen-bond donors (Lipinski definition) is 1. The van der Waals surface area contributed by atoms with Gasteiger partial charge in [0.1, 0.15) is 11.9 Å². The minimum Gasteiger partial charge on any atom is -0.354 e. The second-order valence-corrected chi connectivity index (χ2v) is 10.5. The van der Waals surface area contributed by atoms with Crippen LogP contribution in [-0.2, 0) is 32.3 Å². The van der Waals surface area contributed by atoms with Crippen molar-refractivity contribution in [2.24, 2.45) is 0 Å². The van der Waals surface area contributed by atoms with Gasteiger partial charge in [-0.3, -0.25) is 13.9 Å². The van der Waals surface area contributed by atoms with Gasteiger partial charge in [-0.2, -0.15) is 13.2 Å². The van der Waals surface area contributed by atoms with E-state index in [2.05, 4.69) is 5.32 Å². The van der Waals surface area contributed by atoms with Crippen LogP contribution in [0.25, 0.3) is 0 Å². The summed E-state index contributed by atoms with van der Waals surface area (Å²) in [7, 11) is -3.95. The molecule has 2 aromatic carbocycles. The predicted molar refractivity (Wildman–Crippen MR) is 133 cm³/mol. The Kier molecular flexibility index (Phi) is 10.5. The van der Waals surface area contributed by atoms with Crippen LogP contribution >= 0.6 is 0 Å². The summed E-state index contributed by atoms with van der Waals surface area (Å²) in [6.45, 7) is 3.63. The highest BCUT2D eigenvalue weighted by atomic mass is 32.2. The molecule has 37 heavy (non-hydrogen) atoms. The largest absolute Gasteiger partial charge is 0.416 e. The quantitative estimate of drug-likeness (QED) is 0.402. The van der Waals surface area contributed by atoms with E-state index in [1.54, 1.807) is 6.92 Å². The maximum Gasteiger partial charge on any atom is 0.416 e. The number of alkyl halides is 3. The number of nitrogens with one attached hydrogen (secondary N) is 1. The number of rotatable bonds is 12. The number of halogens is 4. The molecular weight excluding hydrogens is 514 g/mol. The molecule has 1 N–H and O–H groups in total. The maximum atomic E-state index is 13.3. The van der Waals surface area contributed by atoms with E-state index in [0.717, 1.165) is 28.8 Å². The van der Waals surface area contributed by atoms with Gasteiger partial charge in [-0.1, -0.05) is 25.1 Å². The van der Waals surface area contributed by atoms with Gasteiger partial charge in [0.2, 0.25) is 21.8 Å². The van der Waals surface area contributed by atoms with Crippen LogP contribution in [0.4, 0.5) is 23.2 Å². The number of carbonyl (C=O) groups is 2. The highest BCUT2D eigenvalue weighted by Crippen LogP contribution is 2.32. The zero-order valence-corrected chi connectivity index (χ0v) is 21.7. The molecule has 0 aliphatic rings. The summed E-state index contributed by atoms with van der Waals surface area (Å²) in [4.78, 5) is 27.0. The van der Waals surface area contributed by atoms with E-state index >= 15 is 0 Å². The summed E-state index contributed by atoms with van der Waals surface area (Å²) in [6.07, 6.45) is -3.26. The number of hydrogen-bond acceptors (Lipinski definition) is 4. The van der Waals surface area contributed by atoms with Gasteiger partial charge in [-0.15, -0.1) is 0 Å². The first-order valence-electron chi connectivity index (χ1n) is 11.7. The van der Waals surface area contributed by atoms with E-state index in [-0.39, 0.29) is 37.5 Å². The van der Waals surface area contributed by atoms with Crippen molar-refractivity contribution in [3.63, 3.8) is 0 Å². The average Bonchev–Trinajstić information content (AvgIpc) is 2.83. The second kappa shape index (κ2) is 12.9. The molecule has 7 nitrogen and oxygen atoms in total. The zero-order valence-electron chi connectivity index (χ0n) is 20.9. The van der Waals surface area contributed by atoms with Crippen molar-refractivity contribution in [2.45, 2.75) is 51.9 Å². The number of sulfonamides is 1. The van der Waals surface area contributed by atoms with Crippen LogP contribution in [0.5, 0.6) is 0 Å². The molecule has 2 aromatic rings. The lowest BCUT2D eigenvalue weighted by Crippen LogP contribution is -2.47. The predicted octanol–water partition coefficient (Wildman–Crippen LogP) is 4.33. The van der Waals surface area contributed by atoms with E-state index in [4.69, 9.17) is 0 Å². The molecule has 2 rings (SSSR count). The van der Waals surface area contributed by atoms with Crippen molar-refractivity contribution >= 4 is 27.5 Å². The topological polar surface area (TPSA) is 86.8 Å². The number of benzene rings is 2. The van der Waals surface area contributed by atoms with Gasteiger partial charge in [-0.05, 0) is 55.7 Å². The molecule has 0 aliphatic carbocycles. The van der Waals surface area contributed by atoms with E-state index in [0.29, 0.717) is 18.5 Å². The van der Waals surface area contributed by atoms with E-state index < -0.39 is 39.5 Å². The molecule has 1 atom stereocenters. The monoisotopic (exact) mass is 545 g/mol. The molecule has 2 amide bonds. The lowest BCUT2D eigenvalue weighted by molar-refractivity contribution is -0.140. The van der Waals surface area contributed by atoms with Crippen molar-refractivity contribution < 1.29 is 35.6 Å². The van der Waals surface area contributed by atoms with Gasteiger partial charge in [0, 0.05) is 26.1 Å². The minimum atomic E-state index is -4.65. The third-order valence-electron chi connectivity index (χ3n) is 5.60. The molecule has 0 aromatic heterocycles. The van der Waals surface area contributed by atoms with Crippen molar-refractivity contribution in [2.75, 3.05) is 23.7 Å². The molecule has 12 heteroatoms. The Morgan fingerprint density at radius 1 is 1.08 bits per heavy atom. The molecule has 1 unspecified atom stereocenters. The summed E-state index contributed by atoms with van der Waals surface area (Å²) < 4.78 is 78.2. The van der Waals surface area contributed by atoms with Gasteiger partial charge >= 0.3 is 6.18 Å². The lowest BCUT2D eigenvalue weighted by atomic mass is 10.1. The Hall–Kier alpha value is -3.15. The number of carbonyl (C=O) groups excluding carboxylic acids is 2. The molecule has 0 aliphatic heterocycles. The summed E-state index contributed by atoms with van der Waals surface area (Å²) in [5, 5.41) is 2.72. The first-order valence-corrected chi connectivity index (χ1v) is 13.6. The summed E-state index contributed by atoms with van der Waals surface area (Å²) in [5.41, 5.74) is -0.570. The Balaban J connectivity index is 2.19. The normalized spacial score (nSPS) is 12.6. The first-order chi connectivity index (χ1) is 17.2. The van der Waals surface area contributed by atoms with Gasteiger partial charge in [-0.25, -0.2) is 12.8 Å². The Morgan fingerprint density at radius 3 is 2.30 bits per heavy atom. The van der Waals surface area contributed by atoms with E-state index in [1.807, 2.05) is 6.92 Å². The zero-order chi connectivity index (χ0) is 27.8. The molecule has 204 valence electrons. The van der Waals surface area contributed by atoms with E-state index in [1.165, 1.54) is 35.2 Å². The van der Waals surface area contributed by atoms with Crippen molar-refractivity contribution in [1.82, 2.24) is 10.2 Å². The first kappa shape index (κ1) is 30.1. The maximum absolute atomic E-state index is 13.3. The molecule has 0 bridgehead atoms. The van der Waals surface area contributed by atoms with Crippen LogP contribution in [0.3, 0.4) is 0 Å². The minimum absolute atomic E-state index is 0.00857.